The number of hydrogen-bond acceptors (Lipinski definition) is 1. The van der Waals surface area contributed by atoms with E-state index in [9.17, 15) is 0 Å². The largest absolute Gasteiger partial charge is 0.327 e. The van der Waals surface area contributed by atoms with E-state index < -0.39 is 0 Å². The minimum Gasteiger partial charge on any atom is -0.327 e. The molecule has 2 aliphatic carbocycles. The van der Waals surface area contributed by atoms with Crippen LogP contribution < -0.4 is 5.73 Å². The summed E-state index contributed by atoms with van der Waals surface area (Å²) < 4.78 is 0. The van der Waals surface area contributed by atoms with Gasteiger partial charge in [0.1, 0.15) is 0 Å². The molecule has 0 heterocycles. The third-order valence-corrected chi connectivity index (χ3v) is 3.80. The van der Waals surface area contributed by atoms with Crippen LogP contribution >= 0.6 is 0 Å². The minimum atomic E-state index is 0.492. The molecular formula is C12H21N. The number of rotatable bonds is 1. The van der Waals surface area contributed by atoms with Crippen LogP contribution in [0.15, 0.2) is 11.1 Å². The summed E-state index contributed by atoms with van der Waals surface area (Å²) in [5.74, 6) is 1.01. The SMILES string of the molecule is CCC1CCC(=C2CC(N)C2)CC1. The second-order valence-corrected chi connectivity index (χ2v) is 4.73. The van der Waals surface area contributed by atoms with E-state index in [1.54, 1.807) is 11.1 Å². The van der Waals surface area contributed by atoms with Crippen LogP contribution in [0.5, 0.6) is 0 Å². The van der Waals surface area contributed by atoms with Gasteiger partial charge in [0.05, 0.1) is 0 Å². The van der Waals surface area contributed by atoms with Crippen LogP contribution in [0, 0.1) is 5.92 Å². The van der Waals surface area contributed by atoms with Crippen molar-refractivity contribution in [2.45, 2.75) is 57.9 Å². The molecule has 2 aliphatic rings. The molecule has 0 spiro atoms. The Bertz CT molecular complexity index is 199. The van der Waals surface area contributed by atoms with Crippen LogP contribution in [-0.2, 0) is 0 Å². The third kappa shape index (κ3) is 1.96. The van der Waals surface area contributed by atoms with Crippen LogP contribution in [0.4, 0.5) is 0 Å². The fourth-order valence-electron chi connectivity index (χ4n) is 2.65. The highest BCUT2D eigenvalue weighted by Gasteiger charge is 2.24. The summed E-state index contributed by atoms with van der Waals surface area (Å²) in [6, 6.07) is 0.492. The van der Waals surface area contributed by atoms with Gasteiger partial charge < -0.3 is 5.73 Å². The smallest absolute Gasteiger partial charge is 0.0114 e. The zero-order chi connectivity index (χ0) is 9.26. The number of allylic oxidation sites excluding steroid dienone is 1. The lowest BCUT2D eigenvalue weighted by atomic mass is 9.76. The van der Waals surface area contributed by atoms with E-state index in [0.29, 0.717) is 6.04 Å². The van der Waals surface area contributed by atoms with E-state index >= 15 is 0 Å². The molecule has 0 aromatic carbocycles. The first-order valence-electron chi connectivity index (χ1n) is 5.75. The summed E-state index contributed by atoms with van der Waals surface area (Å²) in [6.07, 6.45) is 9.40. The van der Waals surface area contributed by atoms with Gasteiger partial charge >= 0.3 is 0 Å². The molecule has 13 heavy (non-hydrogen) atoms. The van der Waals surface area contributed by atoms with E-state index in [0.717, 1.165) is 5.92 Å². The van der Waals surface area contributed by atoms with Crippen molar-refractivity contribution in [2.75, 3.05) is 0 Å². The predicted molar refractivity (Wildman–Crippen MR) is 56.5 cm³/mol. The first-order chi connectivity index (χ1) is 6.29. The molecule has 0 atom stereocenters. The molecule has 0 amide bonds. The quantitative estimate of drug-likeness (QED) is 0.615. The van der Waals surface area contributed by atoms with Crippen molar-refractivity contribution in [2.24, 2.45) is 11.7 Å². The van der Waals surface area contributed by atoms with Gasteiger partial charge in [-0.1, -0.05) is 24.5 Å². The molecule has 2 saturated carbocycles. The first-order valence-corrected chi connectivity index (χ1v) is 5.75. The van der Waals surface area contributed by atoms with Crippen molar-refractivity contribution in [3.63, 3.8) is 0 Å². The Kier molecular flexibility index (Phi) is 2.73. The van der Waals surface area contributed by atoms with Crippen molar-refractivity contribution in [1.82, 2.24) is 0 Å². The Morgan fingerprint density at radius 1 is 1.15 bits per heavy atom. The number of nitrogens with two attached hydrogens (primary N) is 1. The van der Waals surface area contributed by atoms with Gasteiger partial charge in [-0.2, -0.15) is 0 Å². The second kappa shape index (κ2) is 3.83. The maximum absolute atomic E-state index is 5.79. The Balaban J connectivity index is 1.88. The average molecular weight is 179 g/mol. The summed E-state index contributed by atoms with van der Waals surface area (Å²) >= 11 is 0. The molecule has 74 valence electrons. The highest BCUT2D eigenvalue weighted by atomic mass is 14.7. The van der Waals surface area contributed by atoms with E-state index in [2.05, 4.69) is 6.92 Å². The molecule has 0 unspecified atom stereocenters. The van der Waals surface area contributed by atoms with Crippen molar-refractivity contribution in [1.29, 1.82) is 0 Å². The van der Waals surface area contributed by atoms with Gasteiger partial charge in [-0.3, -0.25) is 0 Å². The zero-order valence-electron chi connectivity index (χ0n) is 8.68. The van der Waals surface area contributed by atoms with E-state index in [1.807, 2.05) is 0 Å². The summed E-state index contributed by atoms with van der Waals surface area (Å²) in [4.78, 5) is 0. The Labute approximate surface area is 81.4 Å². The standard InChI is InChI=1S/C12H21N/c1-2-9-3-5-10(6-4-9)11-7-12(13)8-11/h9,12H,2-8,13H2,1H3. The third-order valence-electron chi connectivity index (χ3n) is 3.80. The van der Waals surface area contributed by atoms with Gasteiger partial charge in [-0.25, -0.2) is 0 Å². The van der Waals surface area contributed by atoms with Crippen LogP contribution in [0.2, 0.25) is 0 Å². The van der Waals surface area contributed by atoms with Crippen molar-refractivity contribution in [3.05, 3.63) is 11.1 Å². The van der Waals surface area contributed by atoms with Crippen LogP contribution in [-0.4, -0.2) is 6.04 Å². The lowest BCUT2D eigenvalue weighted by Crippen LogP contribution is -2.31. The number of hydrogen-bond donors (Lipinski definition) is 1. The van der Waals surface area contributed by atoms with Crippen molar-refractivity contribution in [3.8, 4) is 0 Å². The van der Waals surface area contributed by atoms with Gasteiger partial charge in [0.15, 0.2) is 0 Å². The lowest BCUT2D eigenvalue weighted by Gasteiger charge is -2.32. The topological polar surface area (TPSA) is 26.0 Å². The molecule has 0 bridgehead atoms. The second-order valence-electron chi connectivity index (χ2n) is 4.73. The molecule has 2 fully saturated rings. The molecule has 2 N–H and O–H groups in total. The predicted octanol–water partition coefficient (Wildman–Crippen LogP) is 3.00. The molecule has 2 rings (SSSR count). The van der Waals surface area contributed by atoms with Crippen LogP contribution in [0.1, 0.15) is 51.9 Å². The Morgan fingerprint density at radius 2 is 1.77 bits per heavy atom. The van der Waals surface area contributed by atoms with Crippen LogP contribution in [0.3, 0.4) is 0 Å². The minimum absolute atomic E-state index is 0.492. The van der Waals surface area contributed by atoms with Gasteiger partial charge in [0.25, 0.3) is 0 Å². The fourth-order valence-corrected chi connectivity index (χ4v) is 2.65. The Hall–Kier alpha value is -0.300. The maximum Gasteiger partial charge on any atom is 0.0114 e. The molecule has 0 saturated heterocycles. The molecule has 0 aliphatic heterocycles. The molecule has 0 radical (unpaired) electrons. The summed E-state index contributed by atoms with van der Waals surface area (Å²) in [7, 11) is 0. The normalized spacial score (nSPS) is 34.6. The highest BCUT2D eigenvalue weighted by molar-refractivity contribution is 5.24. The first kappa shape index (κ1) is 9.26. The van der Waals surface area contributed by atoms with Gasteiger partial charge in [-0.15, -0.1) is 0 Å². The summed E-state index contributed by atoms with van der Waals surface area (Å²) in [5.41, 5.74) is 9.27. The molecule has 0 aromatic rings. The molecule has 1 heteroatoms. The maximum atomic E-state index is 5.79. The average Bonchev–Trinajstić information content (AvgIpc) is 2.13. The van der Waals surface area contributed by atoms with Crippen molar-refractivity contribution < 1.29 is 0 Å². The van der Waals surface area contributed by atoms with E-state index in [1.165, 1.54) is 44.9 Å². The van der Waals surface area contributed by atoms with Crippen LogP contribution in [0.25, 0.3) is 0 Å². The summed E-state index contributed by atoms with van der Waals surface area (Å²) in [6.45, 7) is 2.32. The van der Waals surface area contributed by atoms with Gasteiger partial charge in [0, 0.05) is 6.04 Å². The van der Waals surface area contributed by atoms with Gasteiger partial charge in [0.2, 0.25) is 0 Å². The fraction of sp³-hybridized carbons (Fsp3) is 0.833. The molecule has 1 nitrogen and oxygen atoms in total. The van der Waals surface area contributed by atoms with Gasteiger partial charge in [-0.05, 0) is 44.4 Å². The highest BCUT2D eigenvalue weighted by Crippen LogP contribution is 2.37. The molecular weight excluding hydrogens is 158 g/mol. The van der Waals surface area contributed by atoms with E-state index in [-0.39, 0.29) is 0 Å². The molecule has 0 aromatic heterocycles. The lowest BCUT2D eigenvalue weighted by molar-refractivity contribution is 0.387. The zero-order valence-corrected chi connectivity index (χ0v) is 8.68. The van der Waals surface area contributed by atoms with E-state index in [4.69, 9.17) is 5.73 Å². The monoisotopic (exact) mass is 179 g/mol. The van der Waals surface area contributed by atoms with Crippen molar-refractivity contribution >= 4 is 0 Å². The summed E-state index contributed by atoms with van der Waals surface area (Å²) in [5, 5.41) is 0. The Morgan fingerprint density at radius 3 is 2.23 bits per heavy atom.